The summed E-state index contributed by atoms with van der Waals surface area (Å²) >= 11 is 0. The molecule has 2 aromatic rings. The lowest BCUT2D eigenvalue weighted by atomic mass is 9.97. The van der Waals surface area contributed by atoms with Crippen LogP contribution in [0.5, 0.6) is 0 Å². The van der Waals surface area contributed by atoms with Gasteiger partial charge in [-0.25, -0.2) is 4.68 Å². The monoisotopic (exact) mass is 243 g/mol. The fourth-order valence-electron chi connectivity index (χ4n) is 2.55. The molecule has 1 aliphatic rings. The van der Waals surface area contributed by atoms with Crippen molar-refractivity contribution < 1.29 is 0 Å². The molecule has 0 bridgehead atoms. The molecular weight excluding hydrogens is 226 g/mol. The van der Waals surface area contributed by atoms with E-state index in [0.717, 1.165) is 30.7 Å². The van der Waals surface area contributed by atoms with Crippen LogP contribution in [0.1, 0.15) is 35.8 Å². The van der Waals surface area contributed by atoms with Crippen LogP contribution >= 0.6 is 0 Å². The van der Waals surface area contributed by atoms with Crippen LogP contribution in [0.15, 0.2) is 24.3 Å². The third kappa shape index (κ3) is 1.86. The number of hydrogen-bond acceptors (Lipinski definition) is 4. The van der Waals surface area contributed by atoms with Crippen molar-refractivity contribution in [2.24, 2.45) is 5.73 Å². The number of nitrogens with two attached hydrogens (primary N) is 2. The second kappa shape index (κ2) is 4.42. The highest BCUT2D eigenvalue weighted by Gasteiger charge is 2.23. The first-order chi connectivity index (χ1) is 8.78. The van der Waals surface area contributed by atoms with Crippen LogP contribution in [0.25, 0.3) is 0 Å². The molecule has 5 heteroatoms. The molecule has 3 rings (SSSR count). The fourth-order valence-corrected chi connectivity index (χ4v) is 2.55. The van der Waals surface area contributed by atoms with Crippen molar-refractivity contribution >= 4 is 5.95 Å². The van der Waals surface area contributed by atoms with Gasteiger partial charge in [0.15, 0.2) is 0 Å². The third-order valence-electron chi connectivity index (χ3n) is 3.49. The molecular formula is C13H17N5. The molecule has 1 atom stereocenters. The van der Waals surface area contributed by atoms with Gasteiger partial charge in [-0.3, -0.25) is 0 Å². The van der Waals surface area contributed by atoms with Crippen LogP contribution in [0, 0.1) is 0 Å². The van der Waals surface area contributed by atoms with Crippen molar-refractivity contribution in [3.05, 3.63) is 41.2 Å². The summed E-state index contributed by atoms with van der Waals surface area (Å²) in [6.07, 6.45) is 3.17. The molecule has 0 aliphatic carbocycles. The molecule has 2 heterocycles. The third-order valence-corrected chi connectivity index (χ3v) is 3.49. The summed E-state index contributed by atoms with van der Waals surface area (Å²) in [7, 11) is 0. The average molecular weight is 243 g/mol. The van der Waals surface area contributed by atoms with Crippen molar-refractivity contribution in [3.8, 4) is 0 Å². The van der Waals surface area contributed by atoms with Gasteiger partial charge in [-0.15, -0.1) is 5.10 Å². The Kier molecular flexibility index (Phi) is 2.76. The van der Waals surface area contributed by atoms with Crippen LogP contribution in [0.3, 0.4) is 0 Å². The maximum absolute atomic E-state index is 5.68. The number of fused-ring (bicyclic) bond motifs is 1. The van der Waals surface area contributed by atoms with Gasteiger partial charge in [0.1, 0.15) is 5.82 Å². The van der Waals surface area contributed by atoms with Crippen molar-refractivity contribution in [1.29, 1.82) is 0 Å². The smallest absolute Gasteiger partial charge is 0.239 e. The van der Waals surface area contributed by atoms with E-state index in [9.17, 15) is 0 Å². The molecule has 1 aromatic heterocycles. The van der Waals surface area contributed by atoms with Crippen LogP contribution in [-0.4, -0.2) is 14.8 Å². The molecule has 94 valence electrons. The Labute approximate surface area is 106 Å². The van der Waals surface area contributed by atoms with Crippen LogP contribution in [0.4, 0.5) is 5.95 Å². The first-order valence-corrected chi connectivity index (χ1v) is 6.27. The first kappa shape index (κ1) is 11.2. The van der Waals surface area contributed by atoms with Crippen molar-refractivity contribution in [3.63, 3.8) is 0 Å². The molecule has 0 radical (unpaired) electrons. The first-order valence-electron chi connectivity index (χ1n) is 6.27. The van der Waals surface area contributed by atoms with Gasteiger partial charge in [-0.2, -0.15) is 4.98 Å². The molecule has 1 aromatic carbocycles. The number of benzene rings is 1. The molecule has 1 aliphatic heterocycles. The molecule has 5 nitrogen and oxygen atoms in total. The highest BCUT2D eigenvalue weighted by Crippen LogP contribution is 2.29. The zero-order valence-corrected chi connectivity index (χ0v) is 10.2. The summed E-state index contributed by atoms with van der Waals surface area (Å²) in [5.74, 6) is 1.36. The lowest BCUT2D eigenvalue weighted by molar-refractivity contribution is 0.412. The van der Waals surface area contributed by atoms with Gasteiger partial charge >= 0.3 is 0 Å². The summed E-state index contributed by atoms with van der Waals surface area (Å²) in [4.78, 5) is 4.27. The summed E-state index contributed by atoms with van der Waals surface area (Å²) in [5.41, 5.74) is 13.7. The van der Waals surface area contributed by atoms with Gasteiger partial charge < -0.3 is 11.5 Å². The minimum atomic E-state index is 0.255. The second-order valence-electron chi connectivity index (χ2n) is 4.68. The van der Waals surface area contributed by atoms with E-state index < -0.39 is 0 Å². The van der Waals surface area contributed by atoms with E-state index in [1.54, 1.807) is 0 Å². The van der Waals surface area contributed by atoms with E-state index in [-0.39, 0.29) is 6.04 Å². The van der Waals surface area contributed by atoms with Crippen molar-refractivity contribution in [2.75, 3.05) is 5.73 Å². The molecule has 0 amide bonds. The molecule has 0 spiro atoms. The standard InChI is InChI=1S/C13H17N5/c14-8-9-4-6-10(7-5-9)11-2-1-3-12-16-13(15)17-18(11)12/h4-7,11H,1-3,8,14H2,(H2,15,17). The highest BCUT2D eigenvalue weighted by atomic mass is 15.4. The molecule has 4 N–H and O–H groups in total. The van der Waals surface area contributed by atoms with Crippen LogP contribution in [-0.2, 0) is 13.0 Å². The van der Waals surface area contributed by atoms with Gasteiger partial charge in [-0.1, -0.05) is 24.3 Å². The molecule has 0 saturated carbocycles. The summed E-state index contributed by atoms with van der Waals surface area (Å²) in [5, 5.41) is 4.31. The van der Waals surface area contributed by atoms with E-state index in [2.05, 4.69) is 34.3 Å². The van der Waals surface area contributed by atoms with Crippen molar-refractivity contribution in [1.82, 2.24) is 14.8 Å². The maximum atomic E-state index is 5.68. The normalized spacial score (nSPS) is 18.6. The Bertz CT molecular complexity index is 543. The average Bonchev–Trinajstić information content (AvgIpc) is 2.79. The number of nitrogens with zero attached hydrogens (tertiary/aromatic N) is 3. The largest absolute Gasteiger partial charge is 0.366 e. The highest BCUT2D eigenvalue weighted by molar-refractivity contribution is 5.27. The minimum absolute atomic E-state index is 0.255. The molecule has 1 unspecified atom stereocenters. The maximum Gasteiger partial charge on any atom is 0.239 e. The second-order valence-corrected chi connectivity index (χ2v) is 4.68. The van der Waals surface area contributed by atoms with Gasteiger partial charge in [0, 0.05) is 13.0 Å². The number of nitrogen functional groups attached to an aromatic ring is 1. The summed E-state index contributed by atoms with van der Waals surface area (Å²) in [6.45, 7) is 0.576. The Morgan fingerprint density at radius 2 is 2.06 bits per heavy atom. The lowest BCUT2D eigenvalue weighted by Crippen LogP contribution is -2.20. The topological polar surface area (TPSA) is 82.8 Å². The number of aromatic nitrogens is 3. The Hall–Kier alpha value is -1.88. The minimum Gasteiger partial charge on any atom is -0.366 e. The van der Waals surface area contributed by atoms with E-state index >= 15 is 0 Å². The Morgan fingerprint density at radius 3 is 2.78 bits per heavy atom. The SMILES string of the molecule is NCc1ccc(C2CCCc3nc(N)nn32)cc1. The van der Waals surface area contributed by atoms with Gasteiger partial charge in [0.2, 0.25) is 5.95 Å². The lowest BCUT2D eigenvalue weighted by Gasteiger charge is -2.23. The van der Waals surface area contributed by atoms with Gasteiger partial charge in [0.05, 0.1) is 6.04 Å². The molecule has 18 heavy (non-hydrogen) atoms. The van der Waals surface area contributed by atoms with E-state index in [1.165, 1.54) is 5.56 Å². The van der Waals surface area contributed by atoms with E-state index in [4.69, 9.17) is 11.5 Å². The molecule has 0 fully saturated rings. The zero-order valence-electron chi connectivity index (χ0n) is 10.2. The Morgan fingerprint density at radius 1 is 1.28 bits per heavy atom. The predicted molar refractivity (Wildman–Crippen MR) is 69.8 cm³/mol. The summed E-state index contributed by atoms with van der Waals surface area (Å²) < 4.78 is 1.97. The Balaban J connectivity index is 1.97. The van der Waals surface area contributed by atoms with Gasteiger partial charge in [-0.05, 0) is 24.0 Å². The van der Waals surface area contributed by atoms with E-state index in [0.29, 0.717) is 12.5 Å². The van der Waals surface area contributed by atoms with Gasteiger partial charge in [0.25, 0.3) is 0 Å². The van der Waals surface area contributed by atoms with Crippen LogP contribution < -0.4 is 11.5 Å². The summed E-state index contributed by atoms with van der Waals surface area (Å²) in [6, 6.07) is 8.65. The van der Waals surface area contributed by atoms with E-state index in [1.807, 2.05) is 4.68 Å². The number of aryl methyl sites for hydroxylation is 1. The quantitative estimate of drug-likeness (QED) is 0.831. The predicted octanol–water partition coefficient (Wildman–Crippen LogP) is 1.24. The number of hydrogen-bond donors (Lipinski definition) is 2. The zero-order chi connectivity index (χ0) is 12.5. The number of anilines is 1. The molecule has 0 saturated heterocycles. The van der Waals surface area contributed by atoms with Crippen molar-refractivity contribution in [2.45, 2.75) is 31.8 Å². The number of rotatable bonds is 2. The fraction of sp³-hybridized carbons (Fsp3) is 0.385. The van der Waals surface area contributed by atoms with Crippen LogP contribution in [0.2, 0.25) is 0 Å².